The van der Waals surface area contributed by atoms with Crippen LogP contribution in [0.25, 0.3) is 0 Å². The lowest BCUT2D eigenvalue weighted by Gasteiger charge is -2.28. The summed E-state index contributed by atoms with van der Waals surface area (Å²) in [6.45, 7) is 6.82. The third-order valence-corrected chi connectivity index (χ3v) is 4.23. The molecule has 0 radical (unpaired) electrons. The van der Waals surface area contributed by atoms with Gasteiger partial charge in [-0.2, -0.15) is 0 Å². The Bertz CT molecular complexity index is 455. The molecule has 1 heterocycles. The molecule has 4 nitrogen and oxygen atoms in total. The summed E-state index contributed by atoms with van der Waals surface area (Å²) in [5, 5.41) is 12.3. The molecule has 1 aliphatic heterocycles. The summed E-state index contributed by atoms with van der Waals surface area (Å²) in [5.41, 5.74) is 2.12. The monoisotopic (exact) mass is 295 g/mol. The van der Waals surface area contributed by atoms with Crippen molar-refractivity contribution in [2.45, 2.75) is 19.4 Å². The molecule has 0 bridgehead atoms. The van der Waals surface area contributed by atoms with Crippen molar-refractivity contribution in [1.82, 2.24) is 10.2 Å². The summed E-state index contributed by atoms with van der Waals surface area (Å²) in [7, 11) is 1.89. The van der Waals surface area contributed by atoms with Crippen LogP contribution in [-0.4, -0.2) is 56.4 Å². The van der Waals surface area contributed by atoms with Gasteiger partial charge in [0.1, 0.15) is 5.82 Å². The molecule has 118 valence electrons. The van der Waals surface area contributed by atoms with E-state index in [9.17, 15) is 4.39 Å². The molecule has 0 aromatic heterocycles. The summed E-state index contributed by atoms with van der Waals surface area (Å²) in [5.74, 6) is -0.187. The zero-order valence-electron chi connectivity index (χ0n) is 13.0. The normalized spacial score (nSPS) is 18.6. The first kappa shape index (κ1) is 16.2. The lowest BCUT2D eigenvalue weighted by atomic mass is 10.0. The maximum absolute atomic E-state index is 13.6. The molecular formula is C16H26FN3O. The molecule has 21 heavy (non-hydrogen) atoms. The molecule has 1 atom stereocenters. The average Bonchev–Trinajstić information content (AvgIpc) is 2.72. The van der Waals surface area contributed by atoms with E-state index >= 15 is 0 Å². The molecule has 1 saturated heterocycles. The highest BCUT2D eigenvalue weighted by Gasteiger charge is 2.19. The number of hydrogen-bond donors (Lipinski definition) is 2. The summed E-state index contributed by atoms with van der Waals surface area (Å²) in [4.78, 5) is 4.62. The van der Waals surface area contributed by atoms with E-state index in [1.807, 2.05) is 20.0 Å². The fraction of sp³-hybridized carbons (Fsp3) is 0.625. The Kier molecular flexibility index (Phi) is 5.96. The molecular weight excluding hydrogens is 269 g/mol. The van der Waals surface area contributed by atoms with Crippen LogP contribution < -0.4 is 10.2 Å². The van der Waals surface area contributed by atoms with Crippen molar-refractivity contribution in [2.24, 2.45) is 0 Å². The molecule has 2 rings (SSSR count). The Morgan fingerprint density at radius 3 is 2.81 bits per heavy atom. The van der Waals surface area contributed by atoms with Gasteiger partial charge in [0, 0.05) is 37.9 Å². The molecule has 0 aliphatic carbocycles. The summed E-state index contributed by atoms with van der Waals surface area (Å²) in [6.07, 6.45) is 1.06. The van der Waals surface area contributed by atoms with Crippen molar-refractivity contribution in [1.29, 1.82) is 0 Å². The van der Waals surface area contributed by atoms with Crippen molar-refractivity contribution in [3.05, 3.63) is 29.6 Å². The molecule has 0 amide bonds. The standard InChI is InChI=1S/C16H26FN3O/c1-13(18-2)15-12-14(17)4-5-16(15)20-7-3-6-19(8-9-20)10-11-21/h4-5,12-13,18,21H,3,6-11H2,1-2H3. The fourth-order valence-corrected chi connectivity index (χ4v) is 2.89. The number of β-amino-alcohol motifs (C(OH)–C–C–N with tert-alkyl or cyclic N) is 1. The fourth-order valence-electron chi connectivity index (χ4n) is 2.89. The Morgan fingerprint density at radius 2 is 2.10 bits per heavy atom. The highest BCUT2D eigenvalue weighted by atomic mass is 19.1. The van der Waals surface area contributed by atoms with Crippen LogP contribution >= 0.6 is 0 Å². The zero-order chi connectivity index (χ0) is 15.2. The van der Waals surface area contributed by atoms with Gasteiger partial charge in [0.25, 0.3) is 0 Å². The first-order valence-corrected chi connectivity index (χ1v) is 7.70. The number of halogens is 1. The van der Waals surface area contributed by atoms with Crippen LogP contribution in [0.4, 0.5) is 10.1 Å². The molecule has 5 heteroatoms. The molecule has 1 aliphatic rings. The average molecular weight is 295 g/mol. The second kappa shape index (κ2) is 7.73. The van der Waals surface area contributed by atoms with Crippen molar-refractivity contribution in [3.8, 4) is 0 Å². The lowest BCUT2D eigenvalue weighted by Crippen LogP contribution is -2.33. The van der Waals surface area contributed by atoms with Gasteiger partial charge in [0.15, 0.2) is 0 Å². The van der Waals surface area contributed by atoms with Gasteiger partial charge in [-0.3, -0.25) is 4.90 Å². The van der Waals surface area contributed by atoms with Gasteiger partial charge in [-0.05, 0) is 50.7 Å². The predicted molar refractivity (Wildman–Crippen MR) is 84.2 cm³/mol. The molecule has 1 aromatic carbocycles. The largest absolute Gasteiger partial charge is 0.395 e. The number of benzene rings is 1. The minimum absolute atomic E-state index is 0.118. The summed E-state index contributed by atoms with van der Waals surface area (Å²) >= 11 is 0. The van der Waals surface area contributed by atoms with Crippen LogP contribution in [0.15, 0.2) is 18.2 Å². The Balaban J connectivity index is 2.17. The van der Waals surface area contributed by atoms with Crippen molar-refractivity contribution >= 4 is 5.69 Å². The highest BCUT2D eigenvalue weighted by Crippen LogP contribution is 2.28. The molecule has 1 unspecified atom stereocenters. The van der Waals surface area contributed by atoms with E-state index in [-0.39, 0.29) is 18.5 Å². The second-order valence-corrected chi connectivity index (χ2v) is 5.62. The molecule has 0 saturated carbocycles. The number of aliphatic hydroxyl groups is 1. The smallest absolute Gasteiger partial charge is 0.123 e. The van der Waals surface area contributed by atoms with Gasteiger partial charge in [0.05, 0.1) is 6.61 Å². The van der Waals surface area contributed by atoms with Gasteiger partial charge in [0.2, 0.25) is 0 Å². The van der Waals surface area contributed by atoms with Gasteiger partial charge < -0.3 is 15.3 Å². The SMILES string of the molecule is CNC(C)c1cc(F)ccc1N1CCCN(CCO)CC1. The summed E-state index contributed by atoms with van der Waals surface area (Å²) < 4.78 is 13.6. The van der Waals surface area contributed by atoms with E-state index in [1.165, 1.54) is 6.07 Å². The molecule has 0 spiro atoms. The third kappa shape index (κ3) is 4.15. The maximum atomic E-state index is 13.6. The number of rotatable bonds is 5. The number of hydrogen-bond acceptors (Lipinski definition) is 4. The minimum Gasteiger partial charge on any atom is -0.395 e. The van der Waals surface area contributed by atoms with Gasteiger partial charge in [-0.25, -0.2) is 4.39 Å². The lowest BCUT2D eigenvalue weighted by molar-refractivity contribution is 0.204. The third-order valence-electron chi connectivity index (χ3n) is 4.23. The predicted octanol–water partition coefficient (Wildman–Crippen LogP) is 1.61. The Morgan fingerprint density at radius 1 is 1.29 bits per heavy atom. The molecule has 1 aromatic rings. The van der Waals surface area contributed by atoms with E-state index in [4.69, 9.17) is 5.11 Å². The molecule has 2 N–H and O–H groups in total. The maximum Gasteiger partial charge on any atom is 0.123 e. The molecule has 1 fully saturated rings. The van der Waals surface area contributed by atoms with E-state index in [2.05, 4.69) is 15.1 Å². The number of nitrogens with one attached hydrogen (secondary N) is 1. The number of nitrogens with zero attached hydrogens (tertiary/aromatic N) is 2. The van der Waals surface area contributed by atoms with Crippen molar-refractivity contribution in [2.75, 3.05) is 51.3 Å². The summed E-state index contributed by atoms with van der Waals surface area (Å²) in [6, 6.07) is 5.18. The Labute approximate surface area is 126 Å². The van der Waals surface area contributed by atoms with E-state index < -0.39 is 0 Å². The first-order chi connectivity index (χ1) is 10.2. The second-order valence-electron chi connectivity index (χ2n) is 5.62. The van der Waals surface area contributed by atoms with Crippen LogP contribution in [0.5, 0.6) is 0 Å². The van der Waals surface area contributed by atoms with E-state index in [1.54, 1.807) is 6.07 Å². The van der Waals surface area contributed by atoms with Crippen LogP contribution in [0.1, 0.15) is 24.9 Å². The van der Waals surface area contributed by atoms with E-state index in [0.29, 0.717) is 0 Å². The highest BCUT2D eigenvalue weighted by molar-refractivity contribution is 5.55. The van der Waals surface area contributed by atoms with Crippen LogP contribution in [-0.2, 0) is 0 Å². The quantitative estimate of drug-likeness (QED) is 0.866. The van der Waals surface area contributed by atoms with Crippen molar-refractivity contribution in [3.63, 3.8) is 0 Å². The number of aliphatic hydroxyl groups excluding tert-OH is 1. The van der Waals surface area contributed by atoms with E-state index in [0.717, 1.165) is 50.4 Å². The Hall–Kier alpha value is -1.17. The minimum atomic E-state index is -0.187. The van der Waals surface area contributed by atoms with Gasteiger partial charge in [-0.1, -0.05) is 0 Å². The van der Waals surface area contributed by atoms with Crippen molar-refractivity contribution < 1.29 is 9.50 Å². The van der Waals surface area contributed by atoms with Crippen LogP contribution in [0.3, 0.4) is 0 Å². The van der Waals surface area contributed by atoms with Gasteiger partial charge >= 0.3 is 0 Å². The zero-order valence-corrected chi connectivity index (χ0v) is 13.0. The van der Waals surface area contributed by atoms with Gasteiger partial charge in [-0.15, -0.1) is 0 Å². The van der Waals surface area contributed by atoms with Crippen LogP contribution in [0, 0.1) is 5.82 Å². The topological polar surface area (TPSA) is 38.7 Å². The van der Waals surface area contributed by atoms with Crippen LogP contribution in [0.2, 0.25) is 0 Å². The first-order valence-electron chi connectivity index (χ1n) is 7.70. The number of anilines is 1.